The van der Waals surface area contributed by atoms with Crippen LogP contribution in [0.2, 0.25) is 0 Å². The lowest BCUT2D eigenvalue weighted by Crippen LogP contribution is -2.35. The molecule has 0 aromatic heterocycles. The first kappa shape index (κ1) is 13.3. The van der Waals surface area contributed by atoms with Crippen molar-refractivity contribution in [2.24, 2.45) is 5.92 Å². The van der Waals surface area contributed by atoms with Crippen LogP contribution in [0.25, 0.3) is 0 Å². The Kier molecular flexibility index (Phi) is 4.54. The van der Waals surface area contributed by atoms with Crippen molar-refractivity contribution >= 4 is 5.78 Å². The van der Waals surface area contributed by atoms with Crippen LogP contribution in [-0.4, -0.2) is 30.3 Å². The van der Waals surface area contributed by atoms with Gasteiger partial charge in [0.1, 0.15) is 0 Å². The zero-order valence-corrected chi connectivity index (χ0v) is 11.5. The van der Waals surface area contributed by atoms with Crippen molar-refractivity contribution in [1.82, 2.24) is 4.90 Å². The van der Waals surface area contributed by atoms with Crippen LogP contribution in [-0.2, 0) is 0 Å². The van der Waals surface area contributed by atoms with Gasteiger partial charge in [0.25, 0.3) is 0 Å². The lowest BCUT2D eigenvalue weighted by Gasteiger charge is -2.28. The number of hydrogen-bond acceptors (Lipinski definition) is 2. The number of benzene rings is 1. The van der Waals surface area contributed by atoms with E-state index in [2.05, 4.69) is 11.8 Å². The van der Waals surface area contributed by atoms with E-state index >= 15 is 0 Å². The molecule has 2 rings (SSSR count). The molecule has 1 unspecified atom stereocenters. The molecule has 1 atom stereocenters. The van der Waals surface area contributed by atoms with Crippen molar-refractivity contribution < 1.29 is 4.79 Å². The number of hydrogen-bond donors (Lipinski definition) is 0. The van der Waals surface area contributed by atoms with Crippen molar-refractivity contribution in [2.45, 2.75) is 33.1 Å². The highest BCUT2D eigenvalue weighted by Gasteiger charge is 2.19. The van der Waals surface area contributed by atoms with Gasteiger partial charge in [-0.15, -0.1) is 0 Å². The number of aryl methyl sites for hydroxylation is 1. The first-order chi connectivity index (χ1) is 8.66. The maximum atomic E-state index is 12.3. The Balaban J connectivity index is 1.95. The molecule has 1 aliphatic heterocycles. The Labute approximate surface area is 110 Å². The fourth-order valence-electron chi connectivity index (χ4n) is 2.70. The quantitative estimate of drug-likeness (QED) is 0.759. The lowest BCUT2D eigenvalue weighted by molar-refractivity contribution is 0.0883. The fraction of sp³-hybridized carbons (Fsp3) is 0.562. The monoisotopic (exact) mass is 245 g/mol. The molecule has 1 aromatic carbocycles. The molecule has 0 saturated carbocycles. The van der Waals surface area contributed by atoms with Gasteiger partial charge in [0.15, 0.2) is 5.78 Å². The average molecular weight is 245 g/mol. The Bertz CT molecular complexity index is 407. The maximum absolute atomic E-state index is 12.3. The first-order valence-corrected chi connectivity index (χ1v) is 7.00. The van der Waals surface area contributed by atoms with Crippen LogP contribution < -0.4 is 0 Å². The minimum absolute atomic E-state index is 0.102. The summed E-state index contributed by atoms with van der Waals surface area (Å²) < 4.78 is 0. The minimum atomic E-state index is 0.102. The van der Waals surface area contributed by atoms with Crippen LogP contribution in [0.15, 0.2) is 24.3 Å². The van der Waals surface area contributed by atoms with Gasteiger partial charge in [-0.25, -0.2) is 0 Å². The van der Waals surface area contributed by atoms with Crippen molar-refractivity contribution in [3.8, 4) is 0 Å². The highest BCUT2D eigenvalue weighted by Crippen LogP contribution is 2.15. The number of carbonyl (C=O) groups excluding carboxylic acids is 1. The molecule has 1 heterocycles. The van der Waals surface area contributed by atoms with Gasteiger partial charge in [-0.1, -0.05) is 37.1 Å². The van der Waals surface area contributed by atoms with Crippen molar-refractivity contribution in [2.75, 3.05) is 19.6 Å². The van der Waals surface area contributed by atoms with Crippen molar-refractivity contribution in [3.63, 3.8) is 0 Å². The van der Waals surface area contributed by atoms with Gasteiger partial charge < -0.3 is 4.90 Å². The molecule has 2 heteroatoms. The molecule has 1 aliphatic rings. The van der Waals surface area contributed by atoms with E-state index < -0.39 is 0 Å². The van der Waals surface area contributed by atoms with E-state index in [1.165, 1.54) is 19.3 Å². The number of likely N-dealkylation sites (tertiary alicyclic amines) is 1. The van der Waals surface area contributed by atoms with Gasteiger partial charge in [-0.2, -0.15) is 0 Å². The third-order valence-corrected chi connectivity index (χ3v) is 3.73. The number of piperidine rings is 1. The van der Waals surface area contributed by atoms with Crippen LogP contribution in [0, 0.1) is 12.8 Å². The second-order valence-electron chi connectivity index (χ2n) is 5.50. The van der Waals surface area contributed by atoms with Crippen LogP contribution in [0.4, 0.5) is 0 Å². The van der Waals surface area contributed by atoms with Gasteiger partial charge in [-0.3, -0.25) is 4.79 Å². The predicted molar refractivity (Wildman–Crippen MR) is 75.0 cm³/mol. The van der Waals surface area contributed by atoms with Crippen LogP contribution in [0.1, 0.15) is 42.1 Å². The van der Waals surface area contributed by atoms with Gasteiger partial charge in [0, 0.05) is 18.0 Å². The third kappa shape index (κ3) is 3.42. The highest BCUT2D eigenvalue weighted by molar-refractivity contribution is 5.97. The molecular formula is C16H23NO. The van der Waals surface area contributed by atoms with Gasteiger partial charge >= 0.3 is 0 Å². The molecule has 0 radical (unpaired) electrons. The van der Waals surface area contributed by atoms with E-state index in [0.29, 0.717) is 0 Å². The van der Waals surface area contributed by atoms with E-state index in [-0.39, 0.29) is 11.7 Å². The molecule has 0 spiro atoms. The number of ketones is 1. The summed E-state index contributed by atoms with van der Waals surface area (Å²) in [4.78, 5) is 14.8. The molecule has 0 amide bonds. The SMILES string of the molecule is Cc1cccc(C(=O)C(C)CN2CCCCC2)c1. The van der Waals surface area contributed by atoms with Crippen LogP contribution in [0.3, 0.4) is 0 Å². The molecule has 18 heavy (non-hydrogen) atoms. The average Bonchev–Trinajstić information content (AvgIpc) is 2.39. The summed E-state index contributed by atoms with van der Waals surface area (Å²) in [6.07, 6.45) is 3.91. The Morgan fingerprint density at radius 2 is 2.00 bits per heavy atom. The normalized spacial score (nSPS) is 18.6. The van der Waals surface area contributed by atoms with Gasteiger partial charge in [0.05, 0.1) is 0 Å². The van der Waals surface area contributed by atoms with Gasteiger partial charge in [-0.05, 0) is 38.9 Å². The van der Waals surface area contributed by atoms with Crippen molar-refractivity contribution in [3.05, 3.63) is 35.4 Å². The first-order valence-electron chi connectivity index (χ1n) is 7.00. The smallest absolute Gasteiger partial charge is 0.166 e. The number of rotatable bonds is 4. The lowest BCUT2D eigenvalue weighted by atomic mass is 9.97. The third-order valence-electron chi connectivity index (χ3n) is 3.73. The molecule has 1 aromatic rings. The van der Waals surface area contributed by atoms with E-state index in [0.717, 1.165) is 30.8 Å². The van der Waals surface area contributed by atoms with E-state index in [9.17, 15) is 4.79 Å². The second kappa shape index (κ2) is 6.14. The largest absolute Gasteiger partial charge is 0.303 e. The molecule has 0 aliphatic carbocycles. The Morgan fingerprint density at radius 3 is 2.67 bits per heavy atom. The zero-order chi connectivity index (χ0) is 13.0. The fourth-order valence-corrected chi connectivity index (χ4v) is 2.70. The molecular weight excluding hydrogens is 222 g/mol. The standard InChI is InChI=1S/C16H23NO/c1-13-7-6-8-15(11-13)16(18)14(2)12-17-9-4-3-5-10-17/h6-8,11,14H,3-5,9-10,12H2,1-2H3. The van der Waals surface area contributed by atoms with E-state index in [1.54, 1.807) is 0 Å². The van der Waals surface area contributed by atoms with Crippen LogP contribution in [0.5, 0.6) is 0 Å². The highest BCUT2D eigenvalue weighted by atomic mass is 16.1. The molecule has 0 bridgehead atoms. The molecule has 98 valence electrons. The predicted octanol–water partition coefficient (Wildman–Crippen LogP) is 3.30. The summed E-state index contributed by atoms with van der Waals surface area (Å²) in [7, 11) is 0. The molecule has 1 saturated heterocycles. The number of nitrogens with zero attached hydrogens (tertiary/aromatic N) is 1. The minimum Gasteiger partial charge on any atom is -0.303 e. The molecule has 0 N–H and O–H groups in total. The van der Waals surface area contributed by atoms with E-state index in [1.807, 2.05) is 31.2 Å². The molecule has 2 nitrogen and oxygen atoms in total. The summed E-state index contributed by atoms with van der Waals surface area (Å²) in [6, 6.07) is 7.93. The topological polar surface area (TPSA) is 20.3 Å². The van der Waals surface area contributed by atoms with Crippen molar-refractivity contribution in [1.29, 1.82) is 0 Å². The number of Topliss-reactive ketones (excluding diaryl/α,β-unsaturated/α-hetero) is 1. The van der Waals surface area contributed by atoms with E-state index in [4.69, 9.17) is 0 Å². The van der Waals surface area contributed by atoms with Gasteiger partial charge in [0.2, 0.25) is 0 Å². The van der Waals surface area contributed by atoms with Crippen LogP contribution >= 0.6 is 0 Å². The summed E-state index contributed by atoms with van der Waals surface area (Å²) >= 11 is 0. The zero-order valence-electron chi connectivity index (χ0n) is 11.5. The maximum Gasteiger partial charge on any atom is 0.166 e. The molecule has 1 fully saturated rings. The number of carbonyl (C=O) groups is 1. The Morgan fingerprint density at radius 1 is 1.28 bits per heavy atom. The summed E-state index contributed by atoms with van der Waals surface area (Å²) in [6.45, 7) is 7.31. The summed E-state index contributed by atoms with van der Waals surface area (Å²) in [5.74, 6) is 0.383. The summed E-state index contributed by atoms with van der Waals surface area (Å²) in [5, 5.41) is 0. The summed E-state index contributed by atoms with van der Waals surface area (Å²) in [5.41, 5.74) is 2.02. The second-order valence-corrected chi connectivity index (χ2v) is 5.50. The Hall–Kier alpha value is -1.15.